The van der Waals surface area contributed by atoms with E-state index in [1.165, 1.54) is 17.7 Å². The number of thiazole rings is 1. The van der Waals surface area contributed by atoms with Gasteiger partial charge in [-0.05, 0) is 6.92 Å². The molecule has 7 nitrogen and oxygen atoms in total. The minimum Gasteiger partial charge on any atom is -0.476 e. The number of hydrogen-bond acceptors (Lipinski definition) is 7. The zero-order valence-electron chi connectivity index (χ0n) is 9.01. The number of carbonyl (C=O) groups is 1. The van der Waals surface area contributed by atoms with Crippen LogP contribution in [0.3, 0.4) is 0 Å². The summed E-state index contributed by atoms with van der Waals surface area (Å²) < 4.78 is 4.59. The molecule has 2 N–H and O–H groups in total. The molecule has 0 saturated heterocycles. The normalized spacial score (nSPS) is 10.4. The van der Waals surface area contributed by atoms with Gasteiger partial charge in [0.25, 0.3) is 0 Å². The lowest BCUT2D eigenvalue weighted by atomic mass is 10.4. The lowest BCUT2D eigenvalue weighted by Crippen LogP contribution is -2.06. The van der Waals surface area contributed by atoms with Crippen molar-refractivity contribution in [3.63, 3.8) is 0 Å². The summed E-state index contributed by atoms with van der Waals surface area (Å²) >= 11 is 1.31. The van der Waals surface area contributed by atoms with Crippen molar-refractivity contribution in [2.24, 2.45) is 0 Å². The summed E-state index contributed by atoms with van der Waals surface area (Å²) in [5.74, 6) is -0.408. The quantitative estimate of drug-likeness (QED) is 0.826. The van der Waals surface area contributed by atoms with E-state index >= 15 is 0 Å². The van der Waals surface area contributed by atoms with Gasteiger partial charge in [0.05, 0.1) is 0 Å². The topological polar surface area (TPSA) is 101 Å². The molecular formula is C9H10N4O3S. The third-order valence-corrected chi connectivity index (χ3v) is 2.96. The molecule has 0 saturated carbocycles. The average molecular weight is 254 g/mol. The molecule has 90 valence electrons. The van der Waals surface area contributed by atoms with Crippen LogP contribution < -0.4 is 5.32 Å². The molecule has 2 aromatic heterocycles. The van der Waals surface area contributed by atoms with E-state index in [0.29, 0.717) is 28.8 Å². The number of carboxylic acids is 1. The monoisotopic (exact) mass is 254 g/mol. The second kappa shape index (κ2) is 4.91. The molecule has 0 spiro atoms. The van der Waals surface area contributed by atoms with E-state index < -0.39 is 5.97 Å². The Morgan fingerprint density at radius 1 is 1.65 bits per heavy atom. The molecule has 0 radical (unpaired) electrons. The Labute approximate surface area is 100 Å². The van der Waals surface area contributed by atoms with Crippen molar-refractivity contribution in [2.45, 2.75) is 13.3 Å². The molecule has 0 unspecified atom stereocenters. The Morgan fingerprint density at radius 2 is 2.47 bits per heavy atom. The summed E-state index contributed by atoms with van der Waals surface area (Å²) in [6.07, 6.45) is 1.86. The maximum atomic E-state index is 10.8. The Morgan fingerprint density at radius 3 is 3.06 bits per heavy atom. The fraction of sp³-hybridized carbons (Fsp3) is 0.333. The second-order valence-electron chi connectivity index (χ2n) is 3.25. The van der Waals surface area contributed by atoms with Gasteiger partial charge in [-0.3, -0.25) is 0 Å². The van der Waals surface area contributed by atoms with Crippen molar-refractivity contribution in [2.75, 3.05) is 11.9 Å². The SMILES string of the molecule is Cc1sc(NCCc2ncon2)nc1C(=O)O. The van der Waals surface area contributed by atoms with E-state index in [4.69, 9.17) is 5.11 Å². The van der Waals surface area contributed by atoms with Crippen molar-refractivity contribution in [3.05, 3.63) is 22.8 Å². The fourth-order valence-electron chi connectivity index (χ4n) is 1.25. The van der Waals surface area contributed by atoms with Crippen LogP contribution in [0, 0.1) is 6.92 Å². The van der Waals surface area contributed by atoms with Crippen LogP contribution in [0.5, 0.6) is 0 Å². The molecule has 2 aromatic rings. The first-order valence-electron chi connectivity index (χ1n) is 4.86. The van der Waals surface area contributed by atoms with E-state index in [2.05, 4.69) is 25.0 Å². The Balaban J connectivity index is 1.91. The van der Waals surface area contributed by atoms with E-state index in [-0.39, 0.29) is 5.69 Å². The highest BCUT2D eigenvalue weighted by atomic mass is 32.1. The van der Waals surface area contributed by atoms with E-state index in [1.807, 2.05) is 0 Å². The van der Waals surface area contributed by atoms with Crippen molar-refractivity contribution < 1.29 is 14.4 Å². The van der Waals surface area contributed by atoms with Crippen LogP contribution in [0.15, 0.2) is 10.9 Å². The van der Waals surface area contributed by atoms with Gasteiger partial charge in [0.2, 0.25) is 6.39 Å². The van der Waals surface area contributed by atoms with E-state index in [1.54, 1.807) is 6.92 Å². The number of aryl methyl sites for hydroxylation is 1. The van der Waals surface area contributed by atoms with Gasteiger partial charge in [-0.2, -0.15) is 4.98 Å². The molecule has 2 rings (SSSR count). The van der Waals surface area contributed by atoms with Crippen molar-refractivity contribution >= 4 is 22.4 Å². The van der Waals surface area contributed by atoms with Crippen molar-refractivity contribution in [1.82, 2.24) is 15.1 Å². The van der Waals surface area contributed by atoms with Gasteiger partial charge < -0.3 is 14.9 Å². The van der Waals surface area contributed by atoms with Crippen LogP contribution in [-0.4, -0.2) is 32.7 Å². The number of carboxylic acid groups (broad SMARTS) is 1. The molecule has 2 heterocycles. The van der Waals surface area contributed by atoms with Gasteiger partial charge in [0, 0.05) is 17.8 Å². The number of nitrogens with zero attached hydrogens (tertiary/aromatic N) is 3. The molecule has 0 atom stereocenters. The Hall–Kier alpha value is -1.96. The van der Waals surface area contributed by atoms with Crippen LogP contribution in [0.1, 0.15) is 21.2 Å². The number of aromatic carboxylic acids is 1. The summed E-state index contributed by atoms with van der Waals surface area (Å²) in [6.45, 7) is 2.30. The molecular weight excluding hydrogens is 244 g/mol. The van der Waals surface area contributed by atoms with Crippen LogP contribution in [-0.2, 0) is 6.42 Å². The minimum absolute atomic E-state index is 0.0945. The lowest BCUT2D eigenvalue weighted by molar-refractivity contribution is 0.0690. The van der Waals surface area contributed by atoms with E-state index in [9.17, 15) is 4.79 Å². The Bertz CT molecular complexity index is 508. The highest BCUT2D eigenvalue weighted by Crippen LogP contribution is 2.21. The molecule has 0 aliphatic heterocycles. The van der Waals surface area contributed by atoms with Gasteiger partial charge in [0.1, 0.15) is 0 Å². The maximum Gasteiger partial charge on any atom is 0.355 e. The Kier molecular flexibility index (Phi) is 3.33. The first kappa shape index (κ1) is 11.5. The van der Waals surface area contributed by atoms with Crippen LogP contribution in [0.25, 0.3) is 0 Å². The highest BCUT2D eigenvalue weighted by molar-refractivity contribution is 7.15. The van der Waals surface area contributed by atoms with Gasteiger partial charge >= 0.3 is 5.97 Å². The highest BCUT2D eigenvalue weighted by Gasteiger charge is 2.13. The largest absolute Gasteiger partial charge is 0.476 e. The molecule has 17 heavy (non-hydrogen) atoms. The third-order valence-electron chi connectivity index (χ3n) is 2.03. The number of aromatic nitrogens is 3. The predicted octanol–water partition coefficient (Wildman–Crippen LogP) is 1.19. The van der Waals surface area contributed by atoms with Gasteiger partial charge in [-0.15, -0.1) is 11.3 Å². The molecule has 0 aromatic carbocycles. The summed E-state index contributed by atoms with van der Waals surface area (Å²) in [5, 5.41) is 16.1. The molecule has 0 fully saturated rings. The van der Waals surface area contributed by atoms with Crippen LogP contribution in [0.4, 0.5) is 5.13 Å². The average Bonchev–Trinajstić information content (AvgIpc) is 2.88. The summed E-state index contributed by atoms with van der Waals surface area (Å²) in [7, 11) is 0. The molecule has 0 aliphatic rings. The molecule has 8 heteroatoms. The molecule has 0 bridgehead atoms. The van der Waals surface area contributed by atoms with E-state index in [0.717, 1.165) is 0 Å². The maximum absolute atomic E-state index is 10.8. The standard InChI is InChI=1S/C9H10N4O3S/c1-5-7(8(14)15)12-9(17-5)10-3-2-6-11-4-16-13-6/h4H,2-3H2,1H3,(H,10,12)(H,14,15). The van der Waals surface area contributed by atoms with Crippen LogP contribution >= 0.6 is 11.3 Å². The smallest absolute Gasteiger partial charge is 0.355 e. The molecule has 0 aliphatic carbocycles. The fourth-order valence-corrected chi connectivity index (χ4v) is 2.09. The van der Waals surface area contributed by atoms with Crippen molar-refractivity contribution in [3.8, 4) is 0 Å². The summed E-state index contributed by atoms with van der Waals surface area (Å²) in [6, 6.07) is 0. The first-order valence-corrected chi connectivity index (χ1v) is 5.68. The predicted molar refractivity (Wildman–Crippen MR) is 60.3 cm³/mol. The zero-order chi connectivity index (χ0) is 12.3. The summed E-state index contributed by atoms with van der Waals surface area (Å²) in [5.41, 5.74) is 0.0945. The number of nitrogens with one attached hydrogen (secondary N) is 1. The second-order valence-corrected chi connectivity index (χ2v) is 4.46. The van der Waals surface area contributed by atoms with Gasteiger partial charge in [0.15, 0.2) is 16.6 Å². The number of rotatable bonds is 5. The third kappa shape index (κ3) is 2.78. The number of anilines is 1. The van der Waals surface area contributed by atoms with Gasteiger partial charge in [-0.25, -0.2) is 9.78 Å². The van der Waals surface area contributed by atoms with Crippen molar-refractivity contribution in [1.29, 1.82) is 0 Å². The van der Waals surface area contributed by atoms with Crippen LogP contribution in [0.2, 0.25) is 0 Å². The van der Waals surface area contributed by atoms with Gasteiger partial charge in [-0.1, -0.05) is 5.16 Å². The lowest BCUT2D eigenvalue weighted by Gasteiger charge is -1.98. The number of hydrogen-bond donors (Lipinski definition) is 2. The minimum atomic E-state index is -1.01. The first-order chi connectivity index (χ1) is 8.16. The summed E-state index contributed by atoms with van der Waals surface area (Å²) in [4.78, 5) is 19.3. The zero-order valence-corrected chi connectivity index (χ0v) is 9.82. The molecule has 0 amide bonds.